The van der Waals surface area contributed by atoms with E-state index < -0.39 is 15.7 Å². The van der Waals surface area contributed by atoms with Gasteiger partial charge in [0.15, 0.2) is 0 Å². The van der Waals surface area contributed by atoms with Crippen molar-refractivity contribution in [2.45, 2.75) is 0 Å². The van der Waals surface area contributed by atoms with Gasteiger partial charge in [0.2, 0.25) is 0 Å². The Morgan fingerprint density at radius 3 is 2.79 bits per heavy atom. The summed E-state index contributed by atoms with van der Waals surface area (Å²) in [5, 5.41) is 11.7. The van der Waals surface area contributed by atoms with E-state index in [1.165, 1.54) is 12.1 Å². The summed E-state index contributed by atoms with van der Waals surface area (Å²) in [6.07, 6.45) is 1.15. The molecule has 1 rings (SSSR count). The third-order valence-corrected chi connectivity index (χ3v) is 3.17. The number of nitrogens with zero attached hydrogens (tertiary/aromatic N) is 1. The van der Waals surface area contributed by atoms with Crippen molar-refractivity contribution in [1.29, 1.82) is 5.26 Å². The number of halogens is 1. The van der Waals surface area contributed by atoms with Crippen LogP contribution in [0.15, 0.2) is 18.2 Å². The second-order valence-electron chi connectivity index (χ2n) is 3.97. The molecule has 1 aromatic carbocycles. The summed E-state index contributed by atoms with van der Waals surface area (Å²) in [6, 6.07) is 5.77. The van der Waals surface area contributed by atoms with E-state index in [1.54, 1.807) is 0 Å². The molecule has 0 saturated heterocycles. The van der Waals surface area contributed by atoms with E-state index in [9.17, 15) is 12.8 Å². The molecular formula is C12H15FN2O3S. The van der Waals surface area contributed by atoms with Crippen LogP contribution in [0.2, 0.25) is 0 Å². The van der Waals surface area contributed by atoms with E-state index in [0.717, 1.165) is 12.3 Å². The number of benzene rings is 1. The Morgan fingerprint density at radius 1 is 1.42 bits per heavy atom. The first-order chi connectivity index (χ1) is 8.92. The predicted molar refractivity (Wildman–Crippen MR) is 70.1 cm³/mol. The lowest BCUT2D eigenvalue weighted by Crippen LogP contribution is -2.15. The Morgan fingerprint density at radius 2 is 2.16 bits per heavy atom. The van der Waals surface area contributed by atoms with Crippen molar-refractivity contribution < 1.29 is 17.5 Å². The van der Waals surface area contributed by atoms with E-state index in [0.29, 0.717) is 18.8 Å². The smallest absolute Gasteiger partial charge is 0.149 e. The molecule has 0 aliphatic heterocycles. The molecular weight excluding hydrogens is 271 g/mol. The fourth-order valence-corrected chi connectivity index (χ4v) is 1.75. The summed E-state index contributed by atoms with van der Waals surface area (Å²) in [7, 11) is -3.01. The first-order valence-corrected chi connectivity index (χ1v) is 7.67. The van der Waals surface area contributed by atoms with E-state index >= 15 is 0 Å². The zero-order chi connectivity index (χ0) is 14.3. The van der Waals surface area contributed by atoms with Crippen LogP contribution in [0.1, 0.15) is 5.56 Å². The molecule has 0 heterocycles. The molecule has 0 unspecified atom stereocenters. The summed E-state index contributed by atoms with van der Waals surface area (Å²) in [4.78, 5) is 0. The van der Waals surface area contributed by atoms with E-state index in [4.69, 9.17) is 10.00 Å². The Kier molecular flexibility index (Phi) is 5.73. The van der Waals surface area contributed by atoms with E-state index in [2.05, 4.69) is 5.32 Å². The third-order valence-electron chi connectivity index (χ3n) is 2.26. The minimum absolute atomic E-state index is 0.0208. The van der Waals surface area contributed by atoms with Gasteiger partial charge in [0, 0.05) is 12.8 Å². The monoisotopic (exact) mass is 286 g/mol. The lowest BCUT2D eigenvalue weighted by molar-refractivity contribution is 0.159. The topological polar surface area (TPSA) is 79.2 Å². The van der Waals surface area contributed by atoms with Gasteiger partial charge in [-0.1, -0.05) is 0 Å². The minimum Gasteiger partial charge on any atom is -0.382 e. The predicted octanol–water partition coefficient (Wildman–Crippen LogP) is 1.17. The second-order valence-corrected chi connectivity index (χ2v) is 6.23. The molecule has 0 aliphatic carbocycles. The molecule has 0 aliphatic rings. The Labute approximate surface area is 111 Å². The van der Waals surface area contributed by atoms with Gasteiger partial charge in [0.25, 0.3) is 0 Å². The number of nitrogens with one attached hydrogen (secondary N) is 1. The quantitative estimate of drug-likeness (QED) is 0.761. The highest BCUT2D eigenvalue weighted by atomic mass is 32.2. The zero-order valence-corrected chi connectivity index (χ0v) is 11.3. The van der Waals surface area contributed by atoms with Crippen molar-refractivity contribution in [2.24, 2.45) is 0 Å². The van der Waals surface area contributed by atoms with Crippen LogP contribution in [0.25, 0.3) is 0 Å². The molecule has 0 spiro atoms. The summed E-state index contributed by atoms with van der Waals surface area (Å²) in [5.74, 6) is -0.487. The van der Waals surface area contributed by atoms with Gasteiger partial charge in [0.05, 0.1) is 30.2 Å². The molecule has 0 atom stereocenters. The van der Waals surface area contributed by atoms with Gasteiger partial charge >= 0.3 is 0 Å². The summed E-state index contributed by atoms with van der Waals surface area (Å²) < 4.78 is 39.7. The first kappa shape index (κ1) is 15.4. The molecule has 0 aromatic heterocycles. The Bertz CT molecular complexity index is 567. The van der Waals surface area contributed by atoms with Crippen molar-refractivity contribution in [1.82, 2.24) is 0 Å². The fraction of sp³-hybridized carbons (Fsp3) is 0.417. The van der Waals surface area contributed by atoms with Crippen LogP contribution in [-0.4, -0.2) is 40.2 Å². The van der Waals surface area contributed by atoms with Gasteiger partial charge in [-0.05, 0) is 18.2 Å². The molecule has 0 amide bonds. The fourth-order valence-electron chi connectivity index (χ4n) is 1.33. The Balaban J connectivity index is 2.32. The number of rotatable bonds is 7. The number of hydrogen-bond donors (Lipinski definition) is 1. The highest BCUT2D eigenvalue weighted by Crippen LogP contribution is 2.15. The third kappa shape index (κ3) is 6.18. The molecule has 0 saturated carbocycles. The van der Waals surface area contributed by atoms with Gasteiger partial charge < -0.3 is 10.1 Å². The zero-order valence-electron chi connectivity index (χ0n) is 10.5. The normalized spacial score (nSPS) is 11.0. The average molecular weight is 286 g/mol. The second kappa shape index (κ2) is 7.07. The molecule has 19 heavy (non-hydrogen) atoms. The minimum atomic E-state index is -3.01. The van der Waals surface area contributed by atoms with Crippen LogP contribution < -0.4 is 5.32 Å². The molecule has 1 N–H and O–H groups in total. The number of ether oxygens (including phenoxy) is 1. The number of sulfone groups is 1. The first-order valence-electron chi connectivity index (χ1n) is 5.61. The van der Waals surface area contributed by atoms with Crippen LogP contribution in [0.5, 0.6) is 0 Å². The van der Waals surface area contributed by atoms with Crippen molar-refractivity contribution in [3.8, 4) is 6.07 Å². The number of nitriles is 1. The maximum Gasteiger partial charge on any atom is 0.149 e. The van der Waals surface area contributed by atoms with Crippen molar-refractivity contribution in [3.05, 3.63) is 29.6 Å². The van der Waals surface area contributed by atoms with Crippen LogP contribution >= 0.6 is 0 Å². The van der Waals surface area contributed by atoms with Gasteiger partial charge in [-0.3, -0.25) is 0 Å². The molecule has 5 nitrogen and oxygen atoms in total. The van der Waals surface area contributed by atoms with Crippen molar-refractivity contribution >= 4 is 15.5 Å². The molecule has 0 bridgehead atoms. The molecule has 1 aromatic rings. The van der Waals surface area contributed by atoms with E-state index in [1.807, 2.05) is 6.07 Å². The summed E-state index contributed by atoms with van der Waals surface area (Å²) in [5.41, 5.74) is 0.742. The Hall–Kier alpha value is -1.65. The van der Waals surface area contributed by atoms with Crippen LogP contribution in [0, 0.1) is 17.1 Å². The lowest BCUT2D eigenvalue weighted by atomic mass is 10.2. The number of hydrogen-bond acceptors (Lipinski definition) is 5. The van der Waals surface area contributed by atoms with Crippen LogP contribution in [-0.2, 0) is 14.6 Å². The molecule has 0 fully saturated rings. The highest BCUT2D eigenvalue weighted by molar-refractivity contribution is 7.90. The van der Waals surface area contributed by atoms with Gasteiger partial charge in [-0.25, -0.2) is 12.8 Å². The summed E-state index contributed by atoms with van der Waals surface area (Å²) in [6.45, 7) is 0.844. The average Bonchev–Trinajstić information content (AvgIpc) is 2.33. The SMILES string of the molecule is CS(=O)(=O)CCOCCNc1ccc(F)cc1C#N. The standard InChI is InChI=1S/C12H15FN2O3S/c1-19(16,17)7-6-18-5-4-15-12-3-2-11(13)8-10(12)9-14/h2-3,8,15H,4-7H2,1H3. The highest BCUT2D eigenvalue weighted by Gasteiger charge is 2.03. The van der Waals surface area contributed by atoms with Crippen LogP contribution in [0.4, 0.5) is 10.1 Å². The van der Waals surface area contributed by atoms with Crippen LogP contribution in [0.3, 0.4) is 0 Å². The van der Waals surface area contributed by atoms with E-state index in [-0.39, 0.29) is 17.9 Å². The van der Waals surface area contributed by atoms with Gasteiger partial charge in [-0.2, -0.15) is 5.26 Å². The van der Waals surface area contributed by atoms with Crippen molar-refractivity contribution in [2.75, 3.05) is 37.1 Å². The van der Waals surface area contributed by atoms with Gasteiger partial charge in [0.1, 0.15) is 21.7 Å². The molecule has 0 radical (unpaired) electrons. The maximum absolute atomic E-state index is 12.9. The molecule has 104 valence electrons. The van der Waals surface area contributed by atoms with Crippen molar-refractivity contribution in [3.63, 3.8) is 0 Å². The van der Waals surface area contributed by atoms with Gasteiger partial charge in [-0.15, -0.1) is 0 Å². The largest absolute Gasteiger partial charge is 0.382 e. The number of anilines is 1. The lowest BCUT2D eigenvalue weighted by Gasteiger charge is -2.08. The summed E-state index contributed by atoms with van der Waals surface area (Å²) >= 11 is 0. The maximum atomic E-state index is 12.9. The molecule has 7 heteroatoms.